The summed E-state index contributed by atoms with van der Waals surface area (Å²) in [7, 11) is 0. The van der Waals surface area contributed by atoms with E-state index in [1.165, 1.54) is 38.5 Å². The van der Waals surface area contributed by atoms with Crippen molar-refractivity contribution >= 4 is 11.8 Å². The molecular formula is C14H27NS. The molecule has 2 rings (SSSR count). The highest BCUT2D eigenvalue weighted by atomic mass is 32.2. The van der Waals surface area contributed by atoms with Crippen molar-refractivity contribution < 1.29 is 0 Å². The van der Waals surface area contributed by atoms with E-state index in [0.29, 0.717) is 0 Å². The Morgan fingerprint density at radius 2 is 1.88 bits per heavy atom. The van der Waals surface area contributed by atoms with Gasteiger partial charge >= 0.3 is 0 Å². The van der Waals surface area contributed by atoms with Crippen molar-refractivity contribution in [2.45, 2.75) is 69.7 Å². The predicted octanol–water partition coefficient (Wildman–Crippen LogP) is 3.68. The summed E-state index contributed by atoms with van der Waals surface area (Å²) in [5.41, 5.74) is 0. The number of hydrogen-bond acceptors (Lipinski definition) is 2. The maximum absolute atomic E-state index is 3.95. The first-order valence-electron chi connectivity index (χ1n) is 6.99. The van der Waals surface area contributed by atoms with Gasteiger partial charge in [-0.1, -0.05) is 26.7 Å². The Labute approximate surface area is 105 Å². The van der Waals surface area contributed by atoms with E-state index in [1.807, 2.05) is 0 Å². The SMILES string of the molecule is CSC1CCC(NC2CCCC(C)C2C)C1. The maximum Gasteiger partial charge on any atom is 0.00978 e. The Kier molecular flexibility index (Phi) is 4.60. The molecule has 2 fully saturated rings. The summed E-state index contributed by atoms with van der Waals surface area (Å²) in [5.74, 6) is 1.80. The lowest BCUT2D eigenvalue weighted by Gasteiger charge is -2.36. The smallest absolute Gasteiger partial charge is 0.00978 e. The van der Waals surface area contributed by atoms with Gasteiger partial charge in [-0.15, -0.1) is 0 Å². The van der Waals surface area contributed by atoms with Crippen LogP contribution in [0, 0.1) is 11.8 Å². The van der Waals surface area contributed by atoms with Crippen LogP contribution in [0.4, 0.5) is 0 Å². The molecule has 5 unspecified atom stereocenters. The first kappa shape index (κ1) is 12.8. The molecule has 0 aromatic heterocycles. The minimum absolute atomic E-state index is 0.800. The fourth-order valence-electron chi connectivity index (χ4n) is 3.43. The van der Waals surface area contributed by atoms with Crippen LogP contribution in [0.2, 0.25) is 0 Å². The van der Waals surface area contributed by atoms with E-state index in [-0.39, 0.29) is 0 Å². The van der Waals surface area contributed by atoms with Gasteiger partial charge in [-0.2, -0.15) is 11.8 Å². The Balaban J connectivity index is 1.80. The molecule has 0 radical (unpaired) electrons. The number of thioether (sulfide) groups is 1. The Morgan fingerprint density at radius 3 is 2.56 bits per heavy atom. The Morgan fingerprint density at radius 1 is 1.06 bits per heavy atom. The summed E-state index contributed by atoms with van der Waals surface area (Å²) < 4.78 is 0. The summed E-state index contributed by atoms with van der Waals surface area (Å²) in [6, 6.07) is 1.62. The quantitative estimate of drug-likeness (QED) is 0.809. The van der Waals surface area contributed by atoms with Gasteiger partial charge in [0.15, 0.2) is 0 Å². The summed E-state index contributed by atoms with van der Waals surface area (Å²) in [6.45, 7) is 4.88. The average molecular weight is 241 g/mol. The summed E-state index contributed by atoms with van der Waals surface area (Å²) >= 11 is 2.06. The number of nitrogens with one attached hydrogen (secondary N) is 1. The minimum Gasteiger partial charge on any atom is -0.311 e. The van der Waals surface area contributed by atoms with E-state index in [0.717, 1.165) is 29.2 Å². The largest absolute Gasteiger partial charge is 0.311 e. The van der Waals surface area contributed by atoms with Crippen LogP contribution in [0.3, 0.4) is 0 Å². The molecule has 2 aliphatic rings. The lowest BCUT2D eigenvalue weighted by Crippen LogP contribution is -2.45. The minimum atomic E-state index is 0.800. The van der Waals surface area contributed by atoms with Gasteiger partial charge < -0.3 is 5.32 Å². The lowest BCUT2D eigenvalue weighted by atomic mass is 9.78. The van der Waals surface area contributed by atoms with E-state index in [1.54, 1.807) is 0 Å². The van der Waals surface area contributed by atoms with E-state index in [9.17, 15) is 0 Å². The molecule has 94 valence electrons. The van der Waals surface area contributed by atoms with Crippen molar-refractivity contribution in [3.05, 3.63) is 0 Å². The normalized spacial score (nSPS) is 44.8. The molecular weight excluding hydrogens is 214 g/mol. The van der Waals surface area contributed by atoms with Gasteiger partial charge in [0.2, 0.25) is 0 Å². The van der Waals surface area contributed by atoms with E-state index in [4.69, 9.17) is 0 Å². The second-order valence-electron chi connectivity index (χ2n) is 5.91. The van der Waals surface area contributed by atoms with Crippen molar-refractivity contribution in [3.8, 4) is 0 Å². The summed E-state index contributed by atoms with van der Waals surface area (Å²) in [4.78, 5) is 0. The fourth-order valence-corrected chi connectivity index (χ4v) is 4.22. The molecule has 0 aliphatic heterocycles. The number of hydrogen-bond donors (Lipinski definition) is 1. The Hall–Kier alpha value is 0.310. The van der Waals surface area contributed by atoms with Crippen molar-refractivity contribution in [3.63, 3.8) is 0 Å². The molecule has 1 N–H and O–H groups in total. The van der Waals surface area contributed by atoms with Gasteiger partial charge in [0, 0.05) is 17.3 Å². The first-order valence-corrected chi connectivity index (χ1v) is 8.28. The third kappa shape index (κ3) is 2.95. The predicted molar refractivity (Wildman–Crippen MR) is 74.0 cm³/mol. The Bertz CT molecular complexity index is 219. The van der Waals surface area contributed by atoms with Gasteiger partial charge in [0.25, 0.3) is 0 Å². The van der Waals surface area contributed by atoms with Crippen molar-refractivity contribution in [1.82, 2.24) is 5.32 Å². The molecule has 2 aliphatic carbocycles. The van der Waals surface area contributed by atoms with Crippen LogP contribution in [0.5, 0.6) is 0 Å². The molecule has 16 heavy (non-hydrogen) atoms. The topological polar surface area (TPSA) is 12.0 Å². The fraction of sp³-hybridized carbons (Fsp3) is 1.00. The highest BCUT2D eigenvalue weighted by molar-refractivity contribution is 7.99. The monoisotopic (exact) mass is 241 g/mol. The molecule has 0 bridgehead atoms. The summed E-state index contributed by atoms with van der Waals surface area (Å²) in [6.07, 6.45) is 10.8. The van der Waals surface area contributed by atoms with Crippen LogP contribution in [-0.4, -0.2) is 23.6 Å². The average Bonchev–Trinajstić information content (AvgIpc) is 2.73. The van der Waals surface area contributed by atoms with Crippen LogP contribution in [0.15, 0.2) is 0 Å². The zero-order valence-electron chi connectivity index (χ0n) is 11.0. The zero-order chi connectivity index (χ0) is 11.5. The molecule has 2 saturated carbocycles. The van der Waals surface area contributed by atoms with E-state index >= 15 is 0 Å². The first-order chi connectivity index (χ1) is 7.70. The molecule has 2 heteroatoms. The molecule has 0 amide bonds. The van der Waals surface area contributed by atoms with Crippen LogP contribution in [0.1, 0.15) is 52.4 Å². The highest BCUT2D eigenvalue weighted by Gasteiger charge is 2.31. The second-order valence-corrected chi connectivity index (χ2v) is 7.05. The van der Waals surface area contributed by atoms with Crippen LogP contribution >= 0.6 is 11.8 Å². The lowest BCUT2D eigenvalue weighted by molar-refractivity contribution is 0.194. The van der Waals surface area contributed by atoms with Crippen LogP contribution in [0.25, 0.3) is 0 Å². The number of rotatable bonds is 3. The highest BCUT2D eigenvalue weighted by Crippen LogP contribution is 2.33. The van der Waals surface area contributed by atoms with Gasteiger partial charge in [-0.3, -0.25) is 0 Å². The maximum atomic E-state index is 3.95. The molecule has 0 heterocycles. The van der Waals surface area contributed by atoms with Gasteiger partial charge in [0.05, 0.1) is 0 Å². The van der Waals surface area contributed by atoms with Gasteiger partial charge in [0.1, 0.15) is 0 Å². The molecule has 0 aromatic rings. The molecule has 5 atom stereocenters. The summed E-state index contributed by atoms with van der Waals surface area (Å²) in [5, 5.41) is 4.87. The standard InChI is InChI=1S/C14H27NS/c1-10-5-4-6-14(11(10)2)15-12-7-8-13(9-12)16-3/h10-15H,4-9H2,1-3H3. The third-order valence-electron chi connectivity index (χ3n) is 4.87. The van der Waals surface area contributed by atoms with Crippen LogP contribution < -0.4 is 5.32 Å². The van der Waals surface area contributed by atoms with Gasteiger partial charge in [-0.05, 0) is 43.8 Å². The van der Waals surface area contributed by atoms with Crippen LogP contribution in [-0.2, 0) is 0 Å². The molecule has 0 aromatic carbocycles. The van der Waals surface area contributed by atoms with E-state index < -0.39 is 0 Å². The van der Waals surface area contributed by atoms with Crippen molar-refractivity contribution in [2.75, 3.05) is 6.26 Å². The van der Waals surface area contributed by atoms with Crippen molar-refractivity contribution in [2.24, 2.45) is 11.8 Å². The third-order valence-corrected chi connectivity index (χ3v) is 5.97. The molecule has 1 nitrogen and oxygen atoms in total. The second kappa shape index (κ2) is 5.77. The molecule has 0 saturated heterocycles. The van der Waals surface area contributed by atoms with Gasteiger partial charge in [-0.25, -0.2) is 0 Å². The van der Waals surface area contributed by atoms with Crippen molar-refractivity contribution in [1.29, 1.82) is 0 Å². The zero-order valence-corrected chi connectivity index (χ0v) is 11.9. The van der Waals surface area contributed by atoms with E-state index in [2.05, 4.69) is 37.2 Å². The molecule has 0 spiro atoms.